The largest absolute Gasteiger partial charge is 0.446 e. The van der Waals surface area contributed by atoms with Gasteiger partial charge in [0.25, 0.3) is 8.32 Å². The smallest absolute Gasteiger partial charge is 0.368 e. The summed E-state index contributed by atoms with van der Waals surface area (Å²) in [6.45, 7) is 10.6. The average molecular weight is 656 g/mol. The molecule has 2 saturated heterocycles. The van der Waals surface area contributed by atoms with Crippen molar-refractivity contribution >= 4 is 38.2 Å². The van der Waals surface area contributed by atoms with Crippen LogP contribution in [-0.2, 0) is 37.1 Å². The van der Waals surface area contributed by atoms with E-state index in [1.807, 2.05) is 17.0 Å². The van der Waals surface area contributed by atoms with Crippen molar-refractivity contribution in [2.45, 2.75) is 89.1 Å². The van der Waals surface area contributed by atoms with Gasteiger partial charge >= 0.3 is 13.6 Å². The number of hydrogen-bond acceptors (Lipinski definition) is 8. The van der Waals surface area contributed by atoms with E-state index in [2.05, 4.69) is 69.3 Å². The Labute approximate surface area is 267 Å². The summed E-state index contributed by atoms with van der Waals surface area (Å²) in [5.74, 6) is -0.799. The second-order valence-electron chi connectivity index (χ2n) is 12.9. The van der Waals surface area contributed by atoms with Crippen LogP contribution in [0.25, 0.3) is 0 Å². The highest BCUT2D eigenvalue weighted by Gasteiger charge is 2.62. The van der Waals surface area contributed by atoms with Crippen LogP contribution in [0.4, 0.5) is 0 Å². The first-order valence-electron chi connectivity index (χ1n) is 15.9. The van der Waals surface area contributed by atoms with Crippen molar-refractivity contribution in [1.82, 2.24) is 4.90 Å². The predicted octanol–water partition coefficient (Wildman–Crippen LogP) is 5.18. The molecule has 3 aliphatic rings. The normalized spacial score (nSPS) is 25.7. The first kappa shape index (κ1) is 33.8. The molecule has 4 atom stereocenters. The second-order valence-corrected chi connectivity index (χ2v) is 19.2. The topological polar surface area (TPSA) is 101 Å². The van der Waals surface area contributed by atoms with E-state index < -0.39 is 39.6 Å². The van der Waals surface area contributed by atoms with Crippen molar-refractivity contribution in [1.29, 1.82) is 0 Å². The van der Waals surface area contributed by atoms with Crippen LogP contribution in [0, 0.1) is 0 Å². The lowest BCUT2D eigenvalue weighted by Gasteiger charge is -2.45. The summed E-state index contributed by atoms with van der Waals surface area (Å²) in [6, 6.07) is 20.1. The molecule has 2 aromatic rings. The van der Waals surface area contributed by atoms with Crippen LogP contribution in [0.15, 0.2) is 72.1 Å². The molecule has 3 heterocycles. The number of rotatable bonds is 11. The molecule has 5 rings (SSSR count). The lowest BCUT2D eigenvalue weighted by atomic mass is 9.85. The molecule has 9 nitrogen and oxygen atoms in total. The minimum Gasteiger partial charge on any atom is -0.446 e. The Kier molecular flexibility index (Phi) is 9.95. The summed E-state index contributed by atoms with van der Waals surface area (Å²) < 4.78 is 44.2. The Balaban J connectivity index is 1.54. The van der Waals surface area contributed by atoms with Gasteiger partial charge in [0.05, 0.1) is 31.9 Å². The number of carbonyl (C=O) groups excluding carboxylic acids is 2. The van der Waals surface area contributed by atoms with Crippen molar-refractivity contribution in [3.8, 4) is 0 Å². The molecule has 3 aliphatic heterocycles. The van der Waals surface area contributed by atoms with E-state index in [0.717, 1.165) is 10.4 Å². The first-order chi connectivity index (χ1) is 21.5. The van der Waals surface area contributed by atoms with E-state index in [-0.39, 0.29) is 41.9 Å². The number of hydrogen-bond donors (Lipinski definition) is 0. The van der Waals surface area contributed by atoms with Gasteiger partial charge in [-0.15, -0.1) is 0 Å². The Hall–Kier alpha value is -2.59. The maximum absolute atomic E-state index is 13.9. The van der Waals surface area contributed by atoms with Crippen LogP contribution < -0.4 is 10.4 Å². The van der Waals surface area contributed by atoms with Gasteiger partial charge in [-0.05, 0) is 54.6 Å². The van der Waals surface area contributed by atoms with Crippen molar-refractivity contribution in [2.24, 2.45) is 0 Å². The van der Waals surface area contributed by atoms with Crippen molar-refractivity contribution < 1.29 is 37.1 Å². The highest BCUT2D eigenvalue weighted by atomic mass is 31.2. The van der Waals surface area contributed by atoms with Gasteiger partial charge in [0.1, 0.15) is 11.4 Å². The number of methoxy groups -OCH3 is 1. The monoisotopic (exact) mass is 655 g/mol. The van der Waals surface area contributed by atoms with Crippen molar-refractivity contribution in [3.05, 3.63) is 72.1 Å². The van der Waals surface area contributed by atoms with Crippen LogP contribution in [0.3, 0.4) is 0 Å². The number of carbonyl (C=O) groups is 2. The van der Waals surface area contributed by atoms with Crippen LogP contribution in [0.1, 0.15) is 60.3 Å². The molecule has 0 radical (unpaired) electrons. The Morgan fingerprint density at radius 2 is 1.51 bits per heavy atom. The molecular weight excluding hydrogens is 609 g/mol. The molecule has 2 aromatic carbocycles. The molecule has 45 heavy (non-hydrogen) atoms. The molecule has 0 unspecified atom stereocenters. The summed E-state index contributed by atoms with van der Waals surface area (Å²) in [7, 11) is -5.26. The second kappa shape index (κ2) is 13.3. The zero-order valence-corrected chi connectivity index (χ0v) is 29.1. The molecular formula is C34H46NO8PSi. The predicted molar refractivity (Wildman–Crippen MR) is 175 cm³/mol. The summed E-state index contributed by atoms with van der Waals surface area (Å²) in [5, 5.41) is 1.97. The van der Waals surface area contributed by atoms with Gasteiger partial charge in [-0.25, -0.2) is 4.79 Å². The molecule has 11 heteroatoms. The molecule has 0 aromatic heterocycles. The van der Waals surface area contributed by atoms with Crippen molar-refractivity contribution in [3.63, 3.8) is 0 Å². The van der Waals surface area contributed by atoms with Crippen LogP contribution in [-0.4, -0.2) is 75.8 Å². The van der Waals surface area contributed by atoms with Gasteiger partial charge in [-0.3, -0.25) is 9.36 Å². The number of amides is 1. The van der Waals surface area contributed by atoms with Crippen LogP contribution >= 0.6 is 7.60 Å². The summed E-state index contributed by atoms with van der Waals surface area (Å²) in [4.78, 5) is 29.2. The average Bonchev–Trinajstić information content (AvgIpc) is 3.58. The van der Waals surface area contributed by atoms with E-state index >= 15 is 0 Å². The zero-order chi connectivity index (χ0) is 32.5. The van der Waals surface area contributed by atoms with E-state index in [9.17, 15) is 14.2 Å². The summed E-state index contributed by atoms with van der Waals surface area (Å²) >= 11 is 0. The SMILES string of the molecule is CCOP(=O)(OCC)C1=C[C@]2(OC1=O)[C@@H]1CC[C@@H](CO[Si](c3ccccc3)(c3ccccc3)C(C)(C)C)N1C(=O)CC[C@H]2OC. The lowest BCUT2D eigenvalue weighted by Crippen LogP contribution is -2.67. The number of benzene rings is 2. The van der Waals surface area contributed by atoms with Gasteiger partial charge < -0.3 is 27.8 Å². The molecule has 1 amide bonds. The van der Waals surface area contributed by atoms with E-state index in [0.29, 0.717) is 25.9 Å². The third kappa shape index (κ3) is 5.90. The summed E-state index contributed by atoms with van der Waals surface area (Å²) in [6.07, 6.45) is 2.74. The highest BCUT2D eigenvalue weighted by molar-refractivity contribution is 7.60. The lowest BCUT2D eigenvalue weighted by molar-refractivity contribution is -0.167. The van der Waals surface area contributed by atoms with E-state index in [1.165, 1.54) is 0 Å². The maximum Gasteiger partial charge on any atom is 0.368 e. The minimum atomic E-state index is -3.95. The van der Waals surface area contributed by atoms with Crippen LogP contribution in [0.2, 0.25) is 5.04 Å². The van der Waals surface area contributed by atoms with Gasteiger partial charge in [0, 0.05) is 13.5 Å². The fourth-order valence-electron chi connectivity index (χ4n) is 7.52. The third-order valence-corrected chi connectivity index (χ3v) is 16.5. The quantitative estimate of drug-likeness (QED) is 0.186. The zero-order valence-electron chi connectivity index (χ0n) is 27.2. The molecule has 244 valence electrons. The van der Waals surface area contributed by atoms with Gasteiger partial charge in [0.15, 0.2) is 5.60 Å². The van der Waals surface area contributed by atoms with Gasteiger partial charge in [0.2, 0.25) is 5.91 Å². The fourth-order valence-corrected chi connectivity index (χ4v) is 13.8. The number of fused-ring (bicyclic) bond motifs is 2. The molecule has 0 aliphatic carbocycles. The molecule has 1 spiro atoms. The summed E-state index contributed by atoms with van der Waals surface area (Å²) in [5.41, 5.74) is -1.33. The Morgan fingerprint density at radius 1 is 0.933 bits per heavy atom. The first-order valence-corrected chi connectivity index (χ1v) is 19.4. The van der Waals surface area contributed by atoms with Gasteiger partial charge in [-0.2, -0.15) is 0 Å². The molecule has 0 bridgehead atoms. The third-order valence-electron chi connectivity index (χ3n) is 9.36. The van der Waals surface area contributed by atoms with Gasteiger partial charge in [-0.1, -0.05) is 81.4 Å². The molecule has 0 saturated carbocycles. The standard InChI is InChI=1S/C34H46NO8PSi/c1-7-40-44(38,41-8-2)28-23-34(43-32(28)37)29-20-19-25(35(29)31(36)22-21-30(34)39-6)24-42-45(33(3,4)5,26-15-11-9-12-16-26)27-17-13-10-14-18-27/h9-18,23,25,29-30H,7-8,19-22,24H2,1-6H3/t25-,29-,30+,34-/m0/s1. The Bertz CT molecular complexity index is 1400. The minimum absolute atomic E-state index is 0.0387. The fraction of sp³-hybridized carbons (Fsp3) is 0.529. The number of nitrogens with zero attached hydrogens (tertiary/aromatic N) is 1. The van der Waals surface area contributed by atoms with E-state index in [1.54, 1.807) is 27.0 Å². The molecule has 0 N–H and O–H groups in total. The maximum atomic E-state index is 13.9. The molecule has 2 fully saturated rings. The number of ether oxygens (including phenoxy) is 2. The highest BCUT2D eigenvalue weighted by Crippen LogP contribution is 2.60. The van der Waals surface area contributed by atoms with Crippen LogP contribution in [0.5, 0.6) is 0 Å². The Morgan fingerprint density at radius 3 is 2.02 bits per heavy atom. The van der Waals surface area contributed by atoms with E-state index in [4.69, 9.17) is 22.9 Å². The van der Waals surface area contributed by atoms with Crippen molar-refractivity contribution in [2.75, 3.05) is 26.9 Å². The number of esters is 1.